The van der Waals surface area contributed by atoms with Crippen LogP contribution < -0.4 is 5.73 Å². The summed E-state index contributed by atoms with van der Waals surface area (Å²) >= 11 is 0. The first-order chi connectivity index (χ1) is 9.24. The molecule has 2 unspecified atom stereocenters. The van der Waals surface area contributed by atoms with E-state index in [1.165, 1.54) is 5.56 Å². The molecule has 1 aromatic heterocycles. The zero-order valence-electron chi connectivity index (χ0n) is 12.4. The van der Waals surface area contributed by atoms with Crippen LogP contribution in [0.3, 0.4) is 0 Å². The third-order valence-electron chi connectivity index (χ3n) is 3.45. The van der Waals surface area contributed by atoms with Gasteiger partial charge in [-0.1, -0.05) is 13.8 Å². The predicted octanol–water partition coefficient (Wildman–Crippen LogP) is 2.22. The second kappa shape index (κ2) is 9.02. The average Bonchev–Trinajstić information content (AvgIpc) is 2.47. The highest BCUT2D eigenvalue weighted by molar-refractivity contribution is 5.17. The van der Waals surface area contributed by atoms with Gasteiger partial charge in [0.2, 0.25) is 0 Å². The smallest absolute Gasteiger partial charge is 0.0593 e. The van der Waals surface area contributed by atoms with Gasteiger partial charge in [0.1, 0.15) is 0 Å². The summed E-state index contributed by atoms with van der Waals surface area (Å²) in [4.78, 5) is 6.48. The highest BCUT2D eigenvalue weighted by atomic mass is 16.5. The van der Waals surface area contributed by atoms with E-state index >= 15 is 0 Å². The number of nitrogens with zero attached hydrogens (tertiary/aromatic N) is 2. The van der Waals surface area contributed by atoms with Gasteiger partial charge in [-0.15, -0.1) is 0 Å². The van der Waals surface area contributed by atoms with Crippen molar-refractivity contribution >= 4 is 0 Å². The van der Waals surface area contributed by atoms with Crippen molar-refractivity contribution in [3.8, 4) is 0 Å². The van der Waals surface area contributed by atoms with Crippen LogP contribution in [0.25, 0.3) is 0 Å². The Morgan fingerprint density at radius 1 is 1.26 bits per heavy atom. The first-order valence-corrected chi connectivity index (χ1v) is 7.21. The molecule has 1 heterocycles. The average molecular weight is 265 g/mol. The molecule has 0 aromatic carbocycles. The quantitative estimate of drug-likeness (QED) is 0.696. The second-order valence-corrected chi connectivity index (χ2v) is 4.62. The van der Waals surface area contributed by atoms with Gasteiger partial charge in [0, 0.05) is 31.6 Å². The fraction of sp³-hybridized carbons (Fsp3) is 0.667. The lowest BCUT2D eigenvalue weighted by Gasteiger charge is -2.34. The highest BCUT2D eigenvalue weighted by Crippen LogP contribution is 2.24. The van der Waals surface area contributed by atoms with E-state index in [9.17, 15) is 0 Å². The van der Waals surface area contributed by atoms with Crippen LogP contribution in [0.4, 0.5) is 0 Å². The summed E-state index contributed by atoms with van der Waals surface area (Å²) in [7, 11) is 0. The van der Waals surface area contributed by atoms with E-state index in [0.717, 1.165) is 32.7 Å². The van der Waals surface area contributed by atoms with Gasteiger partial charge in [-0.3, -0.25) is 9.88 Å². The fourth-order valence-corrected chi connectivity index (χ4v) is 2.33. The largest absolute Gasteiger partial charge is 0.380 e. The van der Waals surface area contributed by atoms with Gasteiger partial charge in [0.25, 0.3) is 0 Å². The van der Waals surface area contributed by atoms with E-state index in [-0.39, 0.29) is 12.1 Å². The Bertz CT molecular complexity index is 331. The van der Waals surface area contributed by atoms with Gasteiger partial charge in [-0.2, -0.15) is 0 Å². The van der Waals surface area contributed by atoms with Crippen molar-refractivity contribution in [1.82, 2.24) is 9.88 Å². The van der Waals surface area contributed by atoms with Crippen LogP contribution in [0.2, 0.25) is 0 Å². The van der Waals surface area contributed by atoms with Crippen molar-refractivity contribution in [3.63, 3.8) is 0 Å². The van der Waals surface area contributed by atoms with Gasteiger partial charge in [0.15, 0.2) is 0 Å². The van der Waals surface area contributed by atoms with Gasteiger partial charge in [0.05, 0.1) is 12.6 Å². The lowest BCUT2D eigenvalue weighted by Crippen LogP contribution is -2.42. The van der Waals surface area contributed by atoms with Crippen LogP contribution in [-0.4, -0.2) is 42.2 Å². The minimum absolute atomic E-state index is 0.129. The molecule has 0 saturated carbocycles. The maximum absolute atomic E-state index is 6.33. The zero-order valence-corrected chi connectivity index (χ0v) is 12.4. The van der Waals surface area contributed by atoms with E-state index in [0.29, 0.717) is 0 Å². The van der Waals surface area contributed by atoms with Crippen molar-refractivity contribution in [3.05, 3.63) is 30.1 Å². The van der Waals surface area contributed by atoms with Crippen molar-refractivity contribution < 1.29 is 4.74 Å². The zero-order chi connectivity index (χ0) is 14.1. The minimum atomic E-state index is 0.129. The number of pyridine rings is 1. The molecule has 1 rings (SSSR count). The maximum Gasteiger partial charge on any atom is 0.0593 e. The third kappa shape index (κ3) is 4.90. The van der Waals surface area contributed by atoms with Gasteiger partial charge < -0.3 is 10.5 Å². The summed E-state index contributed by atoms with van der Waals surface area (Å²) in [5, 5.41) is 0. The Labute approximate surface area is 117 Å². The number of rotatable bonds is 9. The summed E-state index contributed by atoms with van der Waals surface area (Å²) in [6.45, 7) is 9.71. The molecule has 0 saturated heterocycles. The lowest BCUT2D eigenvalue weighted by molar-refractivity contribution is 0.0888. The standard InChI is InChI=1S/C15H27N3O/c1-4-14(16)15(13-7-9-17-10-8-13)18(5-2)11-12-19-6-3/h7-10,14-15H,4-6,11-12,16H2,1-3H3. The Kier molecular flexibility index (Phi) is 7.63. The summed E-state index contributed by atoms with van der Waals surface area (Å²) in [5.74, 6) is 0. The summed E-state index contributed by atoms with van der Waals surface area (Å²) in [6.07, 6.45) is 4.63. The molecule has 0 aliphatic heterocycles. The van der Waals surface area contributed by atoms with E-state index in [4.69, 9.17) is 10.5 Å². The van der Waals surface area contributed by atoms with E-state index in [1.54, 1.807) is 0 Å². The fourth-order valence-electron chi connectivity index (χ4n) is 2.33. The van der Waals surface area contributed by atoms with E-state index in [1.807, 2.05) is 19.3 Å². The number of ether oxygens (including phenoxy) is 1. The molecule has 19 heavy (non-hydrogen) atoms. The van der Waals surface area contributed by atoms with Gasteiger partial charge >= 0.3 is 0 Å². The molecule has 108 valence electrons. The molecule has 2 N–H and O–H groups in total. The molecule has 4 heteroatoms. The first-order valence-electron chi connectivity index (χ1n) is 7.21. The van der Waals surface area contributed by atoms with Crippen LogP contribution in [-0.2, 0) is 4.74 Å². The number of nitrogens with two attached hydrogens (primary N) is 1. The van der Waals surface area contributed by atoms with Crippen molar-refractivity contribution in [1.29, 1.82) is 0 Å². The SMILES string of the molecule is CCOCCN(CC)C(c1ccncc1)C(N)CC. The van der Waals surface area contributed by atoms with Crippen molar-refractivity contribution in [2.24, 2.45) is 5.73 Å². The topological polar surface area (TPSA) is 51.4 Å². The van der Waals surface area contributed by atoms with Crippen LogP contribution in [0.15, 0.2) is 24.5 Å². The summed E-state index contributed by atoms with van der Waals surface area (Å²) in [5.41, 5.74) is 7.57. The normalized spacial score (nSPS) is 14.6. The Morgan fingerprint density at radius 2 is 1.95 bits per heavy atom. The monoisotopic (exact) mass is 265 g/mol. The molecule has 0 amide bonds. The third-order valence-corrected chi connectivity index (χ3v) is 3.45. The molecule has 0 aliphatic carbocycles. The Hall–Kier alpha value is -0.970. The van der Waals surface area contributed by atoms with Crippen molar-refractivity contribution in [2.45, 2.75) is 39.3 Å². The molecule has 0 bridgehead atoms. The number of hydrogen-bond acceptors (Lipinski definition) is 4. The highest BCUT2D eigenvalue weighted by Gasteiger charge is 2.24. The molecule has 2 atom stereocenters. The summed E-state index contributed by atoms with van der Waals surface area (Å²) < 4.78 is 5.47. The Balaban J connectivity index is 2.82. The van der Waals surface area contributed by atoms with Gasteiger partial charge in [-0.25, -0.2) is 0 Å². The molecule has 0 spiro atoms. The van der Waals surface area contributed by atoms with Crippen LogP contribution in [0.1, 0.15) is 38.8 Å². The molecule has 0 fully saturated rings. The number of aromatic nitrogens is 1. The lowest BCUT2D eigenvalue weighted by atomic mass is 9.97. The van der Waals surface area contributed by atoms with Gasteiger partial charge in [-0.05, 0) is 37.6 Å². The Morgan fingerprint density at radius 3 is 2.47 bits per heavy atom. The number of hydrogen-bond donors (Lipinski definition) is 1. The van der Waals surface area contributed by atoms with Crippen LogP contribution >= 0.6 is 0 Å². The molecular weight excluding hydrogens is 238 g/mol. The first kappa shape index (κ1) is 16.1. The minimum Gasteiger partial charge on any atom is -0.380 e. The van der Waals surface area contributed by atoms with Crippen LogP contribution in [0.5, 0.6) is 0 Å². The van der Waals surface area contributed by atoms with Crippen molar-refractivity contribution in [2.75, 3.05) is 26.3 Å². The summed E-state index contributed by atoms with van der Waals surface area (Å²) in [6, 6.07) is 4.48. The van der Waals surface area contributed by atoms with E-state index < -0.39 is 0 Å². The second-order valence-electron chi connectivity index (χ2n) is 4.62. The molecule has 4 nitrogen and oxygen atoms in total. The molecular formula is C15H27N3O. The maximum atomic E-state index is 6.33. The molecule has 0 radical (unpaired) electrons. The predicted molar refractivity (Wildman–Crippen MR) is 79.0 cm³/mol. The molecule has 1 aromatic rings. The van der Waals surface area contributed by atoms with E-state index in [2.05, 4.69) is 35.9 Å². The number of likely N-dealkylation sites (N-methyl/N-ethyl adjacent to an activating group) is 1. The van der Waals surface area contributed by atoms with Crippen LogP contribution in [0, 0.1) is 0 Å². The molecule has 0 aliphatic rings.